The van der Waals surface area contributed by atoms with E-state index in [4.69, 9.17) is 21.1 Å². The largest absolute Gasteiger partial charge is 0.491 e. The minimum atomic E-state index is -0.312. The van der Waals surface area contributed by atoms with Crippen molar-refractivity contribution >= 4 is 29.0 Å². The highest BCUT2D eigenvalue weighted by molar-refractivity contribution is 6.32. The lowest BCUT2D eigenvalue weighted by molar-refractivity contribution is 0.101. The monoisotopic (exact) mass is 387 g/mol. The van der Waals surface area contributed by atoms with E-state index in [1.54, 1.807) is 30.3 Å². The number of carbonyl (C=O) groups is 2. The van der Waals surface area contributed by atoms with Gasteiger partial charge in [0.15, 0.2) is 17.3 Å². The zero-order chi connectivity index (χ0) is 19.6. The van der Waals surface area contributed by atoms with Crippen LogP contribution in [-0.4, -0.2) is 24.9 Å². The molecule has 6 heteroatoms. The summed E-state index contributed by atoms with van der Waals surface area (Å²) in [4.78, 5) is 24.2. The van der Waals surface area contributed by atoms with Crippen molar-refractivity contribution in [1.29, 1.82) is 0 Å². The maximum Gasteiger partial charge on any atom is 0.255 e. The Morgan fingerprint density at radius 1 is 1.19 bits per heavy atom. The molecule has 2 aromatic rings. The zero-order valence-electron chi connectivity index (χ0n) is 15.6. The summed E-state index contributed by atoms with van der Waals surface area (Å²) in [7, 11) is 1.52. The predicted octanol–water partition coefficient (Wildman–Crippen LogP) is 5.04. The first kappa shape index (κ1) is 19.2. The molecule has 0 saturated heterocycles. The molecule has 0 atom stereocenters. The summed E-state index contributed by atoms with van der Waals surface area (Å²) in [5, 5.41) is 3.15. The van der Waals surface area contributed by atoms with Gasteiger partial charge >= 0.3 is 0 Å². The number of hydrogen-bond donors (Lipinski definition) is 1. The second-order valence-corrected chi connectivity index (χ2v) is 7.11. The van der Waals surface area contributed by atoms with Gasteiger partial charge in [-0.3, -0.25) is 9.59 Å². The van der Waals surface area contributed by atoms with E-state index in [0.29, 0.717) is 33.3 Å². The van der Waals surface area contributed by atoms with Crippen LogP contribution in [0.4, 0.5) is 5.69 Å². The maximum atomic E-state index is 12.7. The number of hydrogen-bond acceptors (Lipinski definition) is 4. The summed E-state index contributed by atoms with van der Waals surface area (Å²) < 4.78 is 11.3. The van der Waals surface area contributed by atoms with E-state index in [-0.39, 0.29) is 17.8 Å². The van der Waals surface area contributed by atoms with Crippen LogP contribution in [0, 0.1) is 6.92 Å². The molecule has 1 fully saturated rings. The topological polar surface area (TPSA) is 64.6 Å². The summed E-state index contributed by atoms with van der Waals surface area (Å²) in [6.07, 6.45) is 3.24. The van der Waals surface area contributed by atoms with Crippen LogP contribution in [0.5, 0.6) is 11.5 Å². The van der Waals surface area contributed by atoms with E-state index in [0.717, 1.165) is 24.8 Å². The molecule has 0 aliphatic heterocycles. The Morgan fingerprint density at radius 3 is 2.48 bits per heavy atom. The minimum Gasteiger partial charge on any atom is -0.491 e. The molecule has 1 aliphatic rings. The highest BCUT2D eigenvalue weighted by Crippen LogP contribution is 2.39. The maximum absolute atomic E-state index is 12.7. The third-order valence-electron chi connectivity index (χ3n) is 4.69. The van der Waals surface area contributed by atoms with Gasteiger partial charge in [0.2, 0.25) is 0 Å². The van der Waals surface area contributed by atoms with Gasteiger partial charge in [-0.1, -0.05) is 11.6 Å². The van der Waals surface area contributed by atoms with Gasteiger partial charge in [-0.05, 0) is 69.0 Å². The molecule has 27 heavy (non-hydrogen) atoms. The van der Waals surface area contributed by atoms with Gasteiger partial charge < -0.3 is 14.8 Å². The molecule has 1 amide bonds. The fourth-order valence-corrected chi connectivity index (χ4v) is 3.28. The number of ketones is 1. The van der Waals surface area contributed by atoms with Crippen molar-refractivity contribution in [1.82, 2.24) is 0 Å². The van der Waals surface area contributed by atoms with Gasteiger partial charge in [-0.15, -0.1) is 0 Å². The normalized spacial score (nSPS) is 13.6. The highest BCUT2D eigenvalue weighted by atomic mass is 35.5. The third-order valence-corrected chi connectivity index (χ3v) is 4.97. The second-order valence-electron chi connectivity index (χ2n) is 6.70. The average Bonchev–Trinajstić information content (AvgIpc) is 2.57. The molecule has 5 nitrogen and oxygen atoms in total. The molecule has 0 radical (unpaired) electrons. The summed E-state index contributed by atoms with van der Waals surface area (Å²) in [6, 6.07) is 8.39. The molecule has 1 saturated carbocycles. The lowest BCUT2D eigenvalue weighted by Gasteiger charge is -2.27. The number of Topliss-reactive ketones (excluding diaryl/α,β-unsaturated/α-hetero) is 1. The minimum absolute atomic E-state index is 0.00917. The molecule has 0 spiro atoms. The van der Waals surface area contributed by atoms with Crippen molar-refractivity contribution in [3.63, 3.8) is 0 Å². The number of ether oxygens (including phenoxy) is 2. The number of amides is 1. The van der Waals surface area contributed by atoms with Crippen molar-refractivity contribution in [3.05, 3.63) is 52.0 Å². The van der Waals surface area contributed by atoms with Crippen LogP contribution in [-0.2, 0) is 0 Å². The summed E-state index contributed by atoms with van der Waals surface area (Å²) in [5.74, 6) is 0.586. The van der Waals surface area contributed by atoms with Crippen LogP contribution in [0.25, 0.3) is 0 Å². The Hall–Kier alpha value is -2.53. The van der Waals surface area contributed by atoms with Gasteiger partial charge in [-0.2, -0.15) is 0 Å². The summed E-state index contributed by atoms with van der Waals surface area (Å²) >= 11 is 6.28. The first-order valence-electron chi connectivity index (χ1n) is 8.86. The summed E-state index contributed by atoms with van der Waals surface area (Å²) in [5.41, 5.74) is 2.43. The fourth-order valence-electron chi connectivity index (χ4n) is 2.99. The van der Waals surface area contributed by atoms with E-state index in [1.165, 1.54) is 14.0 Å². The highest BCUT2D eigenvalue weighted by Gasteiger charge is 2.23. The van der Waals surface area contributed by atoms with Crippen LogP contribution in [0.1, 0.15) is 52.5 Å². The fraction of sp³-hybridized carbons (Fsp3) is 0.333. The van der Waals surface area contributed by atoms with Crippen LogP contribution < -0.4 is 14.8 Å². The molecule has 1 N–H and O–H groups in total. The van der Waals surface area contributed by atoms with Gasteiger partial charge in [0, 0.05) is 16.8 Å². The molecule has 2 aromatic carbocycles. The van der Waals surface area contributed by atoms with Crippen LogP contribution in [0.2, 0.25) is 5.02 Å². The molecule has 0 heterocycles. The predicted molar refractivity (Wildman–Crippen MR) is 105 cm³/mol. The number of benzene rings is 2. The average molecular weight is 388 g/mol. The van der Waals surface area contributed by atoms with Crippen molar-refractivity contribution < 1.29 is 19.1 Å². The number of halogens is 1. The molecular weight excluding hydrogens is 366 g/mol. The second kappa shape index (κ2) is 8.01. The number of rotatable bonds is 6. The van der Waals surface area contributed by atoms with Gasteiger partial charge in [0.25, 0.3) is 5.91 Å². The van der Waals surface area contributed by atoms with Crippen LogP contribution >= 0.6 is 11.6 Å². The Balaban J connectivity index is 1.83. The quantitative estimate of drug-likeness (QED) is 0.705. The first-order valence-corrected chi connectivity index (χ1v) is 9.24. The molecule has 0 aromatic heterocycles. The van der Waals surface area contributed by atoms with Crippen molar-refractivity contribution in [3.8, 4) is 11.5 Å². The van der Waals surface area contributed by atoms with Crippen molar-refractivity contribution in [2.75, 3.05) is 12.4 Å². The lowest BCUT2D eigenvalue weighted by Crippen LogP contribution is -2.25. The molecule has 0 unspecified atom stereocenters. The number of nitrogens with one attached hydrogen (secondary N) is 1. The lowest BCUT2D eigenvalue weighted by atomic mass is 9.96. The number of anilines is 1. The number of aryl methyl sites for hydroxylation is 1. The molecular formula is C21H22ClNO4. The van der Waals surface area contributed by atoms with Gasteiger partial charge in [0.1, 0.15) is 0 Å². The van der Waals surface area contributed by atoms with E-state index in [9.17, 15) is 9.59 Å². The van der Waals surface area contributed by atoms with Crippen LogP contribution in [0.3, 0.4) is 0 Å². The molecule has 1 aliphatic carbocycles. The van der Waals surface area contributed by atoms with Gasteiger partial charge in [-0.25, -0.2) is 0 Å². The summed E-state index contributed by atoms with van der Waals surface area (Å²) in [6.45, 7) is 3.35. The van der Waals surface area contributed by atoms with E-state index in [2.05, 4.69) is 5.32 Å². The zero-order valence-corrected chi connectivity index (χ0v) is 16.4. The Labute approximate surface area is 163 Å². The van der Waals surface area contributed by atoms with E-state index in [1.807, 2.05) is 6.92 Å². The Morgan fingerprint density at radius 2 is 1.93 bits per heavy atom. The van der Waals surface area contributed by atoms with Crippen LogP contribution in [0.15, 0.2) is 30.3 Å². The first-order chi connectivity index (χ1) is 12.9. The molecule has 0 bridgehead atoms. The smallest absolute Gasteiger partial charge is 0.255 e. The Bertz CT molecular complexity index is 890. The van der Waals surface area contributed by atoms with Crippen molar-refractivity contribution in [2.45, 2.75) is 39.2 Å². The number of carbonyl (C=O) groups excluding carboxylic acids is 2. The SMILES string of the molecule is COc1c(Cl)cc(C(=O)Nc2ccc(C(C)=O)c(C)c2)cc1OC1CCC1. The van der Waals surface area contributed by atoms with Crippen molar-refractivity contribution in [2.24, 2.45) is 0 Å². The van der Waals surface area contributed by atoms with E-state index >= 15 is 0 Å². The molecule has 3 rings (SSSR count). The standard InChI is InChI=1S/C21H22ClNO4/c1-12-9-15(7-8-17(12)13(2)24)23-21(25)14-10-18(22)20(26-3)19(11-14)27-16-5-4-6-16/h7-11,16H,4-6H2,1-3H3,(H,23,25). The third kappa shape index (κ3) is 4.25. The van der Waals surface area contributed by atoms with Gasteiger partial charge in [0.05, 0.1) is 18.2 Å². The number of methoxy groups -OCH3 is 1. The Kier molecular flexibility index (Phi) is 5.71. The molecule has 142 valence electrons. The van der Waals surface area contributed by atoms with E-state index < -0.39 is 0 Å².